The fourth-order valence-corrected chi connectivity index (χ4v) is 2.17. The van der Waals surface area contributed by atoms with E-state index < -0.39 is 18.8 Å². The van der Waals surface area contributed by atoms with Gasteiger partial charge in [-0.1, -0.05) is 18.2 Å². The maximum absolute atomic E-state index is 10.5. The van der Waals surface area contributed by atoms with Crippen LogP contribution in [0.15, 0.2) is 42.5 Å². The molecule has 0 aliphatic heterocycles. The first-order valence-corrected chi connectivity index (χ1v) is 7.06. The number of para-hydroxylation sites is 2. The zero-order valence-electron chi connectivity index (χ0n) is 13.0. The zero-order chi connectivity index (χ0) is 16.8. The lowest BCUT2D eigenvalue weighted by atomic mass is 10.0. The summed E-state index contributed by atoms with van der Waals surface area (Å²) in [6.07, 6.45) is -2.01. The van der Waals surface area contributed by atoms with Gasteiger partial charge in [0.1, 0.15) is 6.10 Å². The van der Waals surface area contributed by atoms with E-state index in [1.807, 2.05) is 0 Å². The molecule has 0 saturated carbocycles. The number of aliphatic hydroxyl groups excluding tert-OH is 2. The van der Waals surface area contributed by atoms with Crippen molar-refractivity contribution in [3.8, 4) is 23.0 Å². The largest absolute Gasteiger partial charge is 0.504 e. The van der Waals surface area contributed by atoms with Crippen LogP contribution in [0.1, 0.15) is 11.7 Å². The third-order valence-corrected chi connectivity index (χ3v) is 3.42. The van der Waals surface area contributed by atoms with E-state index in [4.69, 9.17) is 14.2 Å². The molecule has 6 nitrogen and oxygen atoms in total. The molecule has 0 amide bonds. The first kappa shape index (κ1) is 16.9. The number of aromatic hydroxyl groups is 1. The molecule has 0 saturated heterocycles. The van der Waals surface area contributed by atoms with E-state index in [-0.39, 0.29) is 11.5 Å². The summed E-state index contributed by atoms with van der Waals surface area (Å²) in [5, 5.41) is 29.6. The van der Waals surface area contributed by atoms with Gasteiger partial charge >= 0.3 is 0 Å². The quantitative estimate of drug-likeness (QED) is 0.722. The number of hydrogen-bond acceptors (Lipinski definition) is 6. The molecule has 124 valence electrons. The van der Waals surface area contributed by atoms with Gasteiger partial charge in [-0.05, 0) is 29.8 Å². The molecule has 0 radical (unpaired) electrons. The second-order valence-corrected chi connectivity index (χ2v) is 4.87. The van der Waals surface area contributed by atoms with Crippen LogP contribution < -0.4 is 14.2 Å². The van der Waals surface area contributed by atoms with Crippen molar-refractivity contribution in [2.75, 3.05) is 20.8 Å². The summed E-state index contributed by atoms with van der Waals surface area (Å²) < 4.78 is 15.9. The van der Waals surface area contributed by atoms with Gasteiger partial charge in [0, 0.05) is 0 Å². The van der Waals surface area contributed by atoms with Gasteiger partial charge in [-0.15, -0.1) is 0 Å². The molecule has 2 rings (SSSR count). The second kappa shape index (κ2) is 7.71. The summed E-state index contributed by atoms with van der Waals surface area (Å²) in [5.41, 5.74) is 0.452. The topological polar surface area (TPSA) is 88.4 Å². The summed E-state index contributed by atoms with van der Waals surface area (Å²) in [5.74, 6) is 1.12. The van der Waals surface area contributed by atoms with Crippen LogP contribution in [0, 0.1) is 0 Å². The predicted molar refractivity (Wildman–Crippen MR) is 84.1 cm³/mol. The van der Waals surface area contributed by atoms with E-state index in [0.29, 0.717) is 17.1 Å². The van der Waals surface area contributed by atoms with Gasteiger partial charge in [0.15, 0.2) is 29.1 Å². The van der Waals surface area contributed by atoms with Crippen molar-refractivity contribution < 1.29 is 29.5 Å². The molecule has 23 heavy (non-hydrogen) atoms. The Bertz CT molecular complexity index is 643. The highest BCUT2D eigenvalue weighted by molar-refractivity contribution is 5.43. The van der Waals surface area contributed by atoms with Gasteiger partial charge in [0.2, 0.25) is 0 Å². The highest BCUT2D eigenvalue weighted by Gasteiger charge is 2.24. The number of benzene rings is 2. The summed E-state index contributed by atoms with van der Waals surface area (Å²) in [6.45, 7) is -0.400. The molecule has 0 bridgehead atoms. The van der Waals surface area contributed by atoms with Crippen LogP contribution in [0.25, 0.3) is 0 Å². The van der Waals surface area contributed by atoms with Crippen molar-refractivity contribution in [2.45, 2.75) is 12.2 Å². The molecule has 6 heteroatoms. The lowest BCUT2D eigenvalue weighted by molar-refractivity contribution is -0.000512. The Labute approximate surface area is 134 Å². The van der Waals surface area contributed by atoms with Crippen molar-refractivity contribution in [3.63, 3.8) is 0 Å². The van der Waals surface area contributed by atoms with Crippen molar-refractivity contribution in [2.24, 2.45) is 0 Å². The molecule has 0 unspecified atom stereocenters. The minimum atomic E-state index is -1.11. The van der Waals surface area contributed by atoms with Gasteiger partial charge in [-0.25, -0.2) is 0 Å². The lowest BCUT2D eigenvalue weighted by Gasteiger charge is -2.24. The van der Waals surface area contributed by atoms with Crippen molar-refractivity contribution in [1.82, 2.24) is 0 Å². The second-order valence-electron chi connectivity index (χ2n) is 4.87. The number of ether oxygens (including phenoxy) is 3. The van der Waals surface area contributed by atoms with Gasteiger partial charge < -0.3 is 29.5 Å². The molecule has 2 atom stereocenters. The van der Waals surface area contributed by atoms with Crippen LogP contribution in [0.4, 0.5) is 0 Å². The Kier molecular flexibility index (Phi) is 5.67. The molecule has 0 aliphatic carbocycles. The van der Waals surface area contributed by atoms with Crippen LogP contribution in [0.3, 0.4) is 0 Å². The third-order valence-electron chi connectivity index (χ3n) is 3.42. The van der Waals surface area contributed by atoms with Crippen LogP contribution in [0.2, 0.25) is 0 Å². The lowest BCUT2D eigenvalue weighted by Crippen LogP contribution is -2.29. The first-order chi connectivity index (χ1) is 11.1. The molecule has 0 aliphatic rings. The standard InChI is InChI=1S/C17H20O6/c1-21-13-5-3-4-6-14(13)23-16(10-18)17(20)11-7-8-12(19)15(9-11)22-2/h3-9,16-20H,10H2,1-2H3/t16-,17+/m0/s1. The van der Waals surface area contributed by atoms with Crippen LogP contribution in [0.5, 0.6) is 23.0 Å². The zero-order valence-corrected chi connectivity index (χ0v) is 13.0. The van der Waals surface area contributed by atoms with E-state index in [2.05, 4.69) is 0 Å². The first-order valence-electron chi connectivity index (χ1n) is 7.06. The van der Waals surface area contributed by atoms with Crippen molar-refractivity contribution in [1.29, 1.82) is 0 Å². The summed E-state index contributed by atoms with van der Waals surface area (Å²) >= 11 is 0. The minimum Gasteiger partial charge on any atom is -0.504 e. The Morgan fingerprint density at radius 2 is 1.61 bits per heavy atom. The van der Waals surface area contributed by atoms with Crippen LogP contribution >= 0.6 is 0 Å². The van der Waals surface area contributed by atoms with E-state index >= 15 is 0 Å². The Hall–Kier alpha value is -2.44. The molecule has 0 aromatic heterocycles. The van der Waals surface area contributed by atoms with E-state index in [0.717, 1.165) is 0 Å². The van der Waals surface area contributed by atoms with E-state index in [1.165, 1.54) is 32.4 Å². The monoisotopic (exact) mass is 320 g/mol. The van der Waals surface area contributed by atoms with Crippen molar-refractivity contribution >= 4 is 0 Å². The summed E-state index contributed by atoms with van der Waals surface area (Å²) in [4.78, 5) is 0. The third kappa shape index (κ3) is 3.85. The molecule has 0 fully saturated rings. The highest BCUT2D eigenvalue weighted by atomic mass is 16.5. The maximum Gasteiger partial charge on any atom is 0.161 e. The van der Waals surface area contributed by atoms with Crippen LogP contribution in [-0.2, 0) is 0 Å². The fourth-order valence-electron chi connectivity index (χ4n) is 2.17. The average molecular weight is 320 g/mol. The number of hydrogen-bond donors (Lipinski definition) is 3. The predicted octanol–water partition coefficient (Wildman–Crippen LogP) is 1.88. The normalized spacial score (nSPS) is 13.2. The van der Waals surface area contributed by atoms with Gasteiger partial charge in [-0.2, -0.15) is 0 Å². The SMILES string of the molecule is COc1cc([C@@H](O)[C@H](CO)Oc2ccccc2OC)ccc1O. The minimum absolute atomic E-state index is 0.0327. The summed E-state index contributed by atoms with van der Waals surface area (Å²) in [6, 6.07) is 11.4. The Balaban J connectivity index is 2.23. The van der Waals surface area contributed by atoms with E-state index in [1.54, 1.807) is 24.3 Å². The number of aliphatic hydroxyl groups is 2. The fraction of sp³-hybridized carbons (Fsp3) is 0.294. The smallest absolute Gasteiger partial charge is 0.161 e. The van der Waals surface area contributed by atoms with Gasteiger partial charge in [0.25, 0.3) is 0 Å². The average Bonchev–Trinajstić information content (AvgIpc) is 2.59. The molecule has 0 heterocycles. The van der Waals surface area contributed by atoms with E-state index in [9.17, 15) is 15.3 Å². The number of methoxy groups -OCH3 is 2. The highest BCUT2D eigenvalue weighted by Crippen LogP contribution is 2.33. The number of phenolic OH excluding ortho intramolecular Hbond substituents is 1. The molecule has 0 spiro atoms. The Morgan fingerprint density at radius 3 is 2.22 bits per heavy atom. The molecule has 3 N–H and O–H groups in total. The molecule has 2 aromatic carbocycles. The van der Waals surface area contributed by atoms with Crippen LogP contribution in [-0.4, -0.2) is 42.3 Å². The molecule has 2 aromatic rings. The number of rotatable bonds is 7. The molecular weight excluding hydrogens is 300 g/mol. The Morgan fingerprint density at radius 1 is 0.957 bits per heavy atom. The van der Waals surface area contributed by atoms with Gasteiger partial charge in [0.05, 0.1) is 20.8 Å². The van der Waals surface area contributed by atoms with Gasteiger partial charge in [-0.3, -0.25) is 0 Å². The number of phenols is 1. The van der Waals surface area contributed by atoms with Crippen molar-refractivity contribution in [3.05, 3.63) is 48.0 Å². The molecular formula is C17H20O6. The summed E-state index contributed by atoms with van der Waals surface area (Å²) in [7, 11) is 2.93. The maximum atomic E-state index is 10.5.